The second-order valence-electron chi connectivity index (χ2n) is 8.73. The highest BCUT2D eigenvalue weighted by molar-refractivity contribution is 7.09. The van der Waals surface area contributed by atoms with Gasteiger partial charge in [0.1, 0.15) is 16.7 Å². The fraction of sp³-hybridized carbons (Fsp3) is 0.280. The van der Waals surface area contributed by atoms with Crippen molar-refractivity contribution >= 4 is 40.6 Å². The highest BCUT2D eigenvalue weighted by Gasteiger charge is 2.37. The minimum Gasteiger partial charge on any atom is -0.508 e. The molecule has 2 aromatic carbocycles. The topological polar surface area (TPSA) is 179 Å². The minimum absolute atomic E-state index is 0.00831. The molecule has 13 heteroatoms. The first kappa shape index (κ1) is 25.3. The van der Waals surface area contributed by atoms with Crippen molar-refractivity contribution in [1.29, 1.82) is 0 Å². The summed E-state index contributed by atoms with van der Waals surface area (Å²) in [5, 5.41) is 12.8. The third-order valence-corrected chi connectivity index (χ3v) is 7.10. The third kappa shape index (κ3) is 4.93. The van der Waals surface area contributed by atoms with Crippen LogP contribution in [0.15, 0.2) is 42.5 Å². The Bertz CT molecular complexity index is 1370. The molecule has 2 aliphatic heterocycles. The van der Waals surface area contributed by atoms with Crippen LogP contribution >= 0.6 is 11.5 Å². The fourth-order valence-electron chi connectivity index (χ4n) is 4.35. The number of phenolic OH excluding ortho intramolecular Hbond substituents is 1. The predicted molar refractivity (Wildman–Crippen MR) is 137 cm³/mol. The van der Waals surface area contributed by atoms with Crippen molar-refractivity contribution in [2.45, 2.75) is 25.0 Å². The predicted octanol–water partition coefficient (Wildman–Crippen LogP) is 1.94. The first-order valence-electron chi connectivity index (χ1n) is 11.8. The Morgan fingerprint density at radius 3 is 2.61 bits per heavy atom. The van der Waals surface area contributed by atoms with Crippen LogP contribution < -0.4 is 31.2 Å². The van der Waals surface area contributed by atoms with Crippen LogP contribution in [0.1, 0.15) is 44.6 Å². The standard InChI is InChI=1S/C25H25N5O7S/c26-19-20(23(27)32)29-38-22(19)25(34)30(14-5-8-17-18(10-14)37-12-36-17)21(13-3-6-15(31)7-4-13)24(33)28-11-16-2-1-9-35-16/h3-8,10,16,21,31H,1-2,9,11-12,26H2,(H2,27,32)(H,28,33). The van der Waals surface area contributed by atoms with Crippen molar-refractivity contribution < 1.29 is 33.7 Å². The van der Waals surface area contributed by atoms with Crippen LogP contribution in [0.5, 0.6) is 17.2 Å². The number of primary amides is 1. The Balaban J connectivity index is 1.60. The smallest absolute Gasteiger partial charge is 0.273 e. The molecular formula is C25H25N5O7S. The van der Waals surface area contributed by atoms with E-state index in [1.807, 2.05) is 0 Å². The largest absolute Gasteiger partial charge is 0.508 e. The first-order chi connectivity index (χ1) is 18.3. The van der Waals surface area contributed by atoms with E-state index in [-0.39, 0.29) is 41.4 Å². The quantitative estimate of drug-likeness (QED) is 0.333. The lowest BCUT2D eigenvalue weighted by atomic mass is 10.0. The molecule has 1 saturated heterocycles. The number of aromatic nitrogens is 1. The fourth-order valence-corrected chi connectivity index (χ4v) is 5.09. The first-order valence-corrected chi connectivity index (χ1v) is 12.6. The summed E-state index contributed by atoms with van der Waals surface area (Å²) in [6.07, 6.45) is 1.57. The van der Waals surface area contributed by atoms with Gasteiger partial charge in [0, 0.05) is 24.9 Å². The zero-order valence-electron chi connectivity index (χ0n) is 20.1. The molecule has 38 heavy (non-hydrogen) atoms. The lowest BCUT2D eigenvalue weighted by molar-refractivity contribution is -0.123. The summed E-state index contributed by atoms with van der Waals surface area (Å²) in [5.41, 5.74) is 11.8. The second kappa shape index (κ2) is 10.6. The van der Waals surface area contributed by atoms with Gasteiger partial charge in [-0.1, -0.05) is 12.1 Å². The van der Waals surface area contributed by atoms with E-state index < -0.39 is 23.8 Å². The lowest BCUT2D eigenvalue weighted by Crippen LogP contribution is -2.45. The molecule has 3 aromatic rings. The maximum atomic E-state index is 14.1. The number of hydrogen-bond acceptors (Lipinski definition) is 10. The summed E-state index contributed by atoms with van der Waals surface area (Å²) < 4.78 is 20.5. The van der Waals surface area contributed by atoms with Crippen molar-refractivity contribution in [2.24, 2.45) is 5.73 Å². The summed E-state index contributed by atoms with van der Waals surface area (Å²) in [7, 11) is 0. The molecule has 3 amide bonds. The van der Waals surface area contributed by atoms with Gasteiger partial charge in [-0.3, -0.25) is 19.3 Å². The Labute approximate surface area is 221 Å². The van der Waals surface area contributed by atoms with Crippen LogP contribution in [-0.4, -0.2) is 53.3 Å². The molecule has 198 valence electrons. The van der Waals surface area contributed by atoms with Gasteiger partial charge in [-0.05, 0) is 54.2 Å². The molecule has 1 aromatic heterocycles. The Morgan fingerprint density at radius 1 is 1.16 bits per heavy atom. The normalized spacial score (nSPS) is 16.7. The highest BCUT2D eigenvalue weighted by Crippen LogP contribution is 2.40. The molecule has 5 rings (SSSR count). The number of anilines is 2. The van der Waals surface area contributed by atoms with Gasteiger partial charge in [0.05, 0.1) is 11.8 Å². The zero-order valence-corrected chi connectivity index (χ0v) is 20.9. The summed E-state index contributed by atoms with van der Waals surface area (Å²) in [5.74, 6) is -1.19. The molecule has 0 saturated carbocycles. The van der Waals surface area contributed by atoms with Crippen molar-refractivity contribution in [3.8, 4) is 17.2 Å². The molecule has 3 heterocycles. The van der Waals surface area contributed by atoms with E-state index in [4.69, 9.17) is 25.7 Å². The van der Waals surface area contributed by atoms with Gasteiger partial charge in [0.25, 0.3) is 11.8 Å². The lowest BCUT2D eigenvalue weighted by Gasteiger charge is -2.31. The second-order valence-corrected chi connectivity index (χ2v) is 9.50. The molecule has 1 fully saturated rings. The van der Waals surface area contributed by atoms with Gasteiger partial charge in [-0.15, -0.1) is 0 Å². The maximum absolute atomic E-state index is 14.1. The van der Waals surface area contributed by atoms with Gasteiger partial charge in [0.15, 0.2) is 17.2 Å². The number of fused-ring (bicyclic) bond motifs is 1. The van der Waals surface area contributed by atoms with Crippen LogP contribution in [-0.2, 0) is 9.53 Å². The van der Waals surface area contributed by atoms with E-state index in [1.54, 1.807) is 30.3 Å². The van der Waals surface area contributed by atoms with Gasteiger partial charge >= 0.3 is 0 Å². The van der Waals surface area contributed by atoms with Gasteiger partial charge in [0.2, 0.25) is 12.7 Å². The molecule has 0 bridgehead atoms. The monoisotopic (exact) mass is 539 g/mol. The van der Waals surface area contributed by atoms with Crippen LogP contribution in [0, 0.1) is 0 Å². The number of benzene rings is 2. The number of amides is 3. The maximum Gasteiger partial charge on any atom is 0.273 e. The third-order valence-electron chi connectivity index (χ3n) is 6.25. The molecule has 0 aliphatic carbocycles. The van der Waals surface area contributed by atoms with Crippen molar-refractivity contribution in [3.05, 3.63) is 58.6 Å². The number of nitrogen functional groups attached to an aromatic ring is 1. The molecule has 2 atom stereocenters. The molecule has 2 unspecified atom stereocenters. The zero-order chi connectivity index (χ0) is 26.8. The Hall–Kier alpha value is -4.36. The van der Waals surface area contributed by atoms with Gasteiger partial charge in [-0.2, -0.15) is 4.37 Å². The van der Waals surface area contributed by atoms with E-state index in [1.165, 1.54) is 17.0 Å². The van der Waals surface area contributed by atoms with Gasteiger partial charge in [-0.25, -0.2) is 0 Å². The number of carbonyl (C=O) groups excluding carboxylic acids is 3. The molecule has 0 spiro atoms. The number of carbonyl (C=O) groups is 3. The molecule has 2 aliphatic rings. The summed E-state index contributed by atoms with van der Waals surface area (Å²) in [4.78, 5) is 40.8. The van der Waals surface area contributed by atoms with Crippen LogP contribution in [0.2, 0.25) is 0 Å². The number of nitrogens with two attached hydrogens (primary N) is 2. The Morgan fingerprint density at radius 2 is 1.92 bits per heavy atom. The molecular weight excluding hydrogens is 514 g/mol. The van der Waals surface area contributed by atoms with E-state index in [0.717, 1.165) is 12.8 Å². The number of phenols is 1. The van der Waals surface area contributed by atoms with Crippen molar-refractivity contribution in [2.75, 3.05) is 30.6 Å². The Kier molecular flexibility index (Phi) is 7.03. The highest BCUT2D eigenvalue weighted by atomic mass is 32.1. The van der Waals surface area contributed by atoms with E-state index in [2.05, 4.69) is 9.69 Å². The SMILES string of the molecule is NC(=O)c1nsc(C(=O)N(c2ccc3c(c2)OCO3)C(C(=O)NCC2CCCO2)c2ccc(O)cc2)c1N. The number of nitrogens with one attached hydrogen (secondary N) is 1. The van der Waals surface area contributed by atoms with Crippen LogP contribution in [0.4, 0.5) is 11.4 Å². The van der Waals surface area contributed by atoms with E-state index in [9.17, 15) is 19.5 Å². The number of rotatable bonds is 8. The van der Waals surface area contributed by atoms with E-state index >= 15 is 0 Å². The number of aromatic hydroxyl groups is 1. The van der Waals surface area contributed by atoms with Crippen molar-refractivity contribution in [3.63, 3.8) is 0 Å². The molecule has 0 radical (unpaired) electrons. The molecule has 6 N–H and O–H groups in total. The minimum atomic E-state index is -1.21. The molecule has 12 nitrogen and oxygen atoms in total. The summed E-state index contributed by atoms with van der Waals surface area (Å²) >= 11 is 0.707. The number of hydrogen-bond donors (Lipinski definition) is 4. The van der Waals surface area contributed by atoms with Gasteiger partial charge < -0.3 is 36.1 Å². The van der Waals surface area contributed by atoms with Crippen LogP contribution in [0.25, 0.3) is 0 Å². The van der Waals surface area contributed by atoms with E-state index in [0.29, 0.717) is 40.9 Å². The summed E-state index contributed by atoms with van der Waals surface area (Å²) in [6, 6.07) is 9.54. The van der Waals surface area contributed by atoms with Crippen LogP contribution in [0.3, 0.4) is 0 Å². The van der Waals surface area contributed by atoms with Crippen molar-refractivity contribution in [1.82, 2.24) is 9.69 Å². The number of ether oxygens (including phenoxy) is 3. The number of nitrogens with zero attached hydrogens (tertiary/aromatic N) is 2. The average Bonchev–Trinajstić information content (AvgIpc) is 3.67. The average molecular weight is 540 g/mol. The summed E-state index contributed by atoms with van der Waals surface area (Å²) in [6.45, 7) is 0.890.